The van der Waals surface area contributed by atoms with Gasteiger partial charge in [-0.05, 0) is 37.5 Å². The molecule has 0 aliphatic carbocycles. The van der Waals surface area contributed by atoms with Gasteiger partial charge in [0.15, 0.2) is 0 Å². The Morgan fingerprint density at radius 3 is 3.19 bits per heavy atom. The predicted molar refractivity (Wildman–Crippen MR) is 80.7 cm³/mol. The number of carbonyl (C=O) groups is 1. The first-order valence-corrected chi connectivity index (χ1v) is 7.57. The van der Waals surface area contributed by atoms with E-state index in [2.05, 4.69) is 9.97 Å². The molecule has 112 valence electrons. The van der Waals surface area contributed by atoms with Crippen LogP contribution in [0.25, 0.3) is 11.0 Å². The molecule has 2 aromatic heterocycles. The largest absolute Gasteiger partial charge is 0.382 e. The highest BCUT2D eigenvalue weighted by Crippen LogP contribution is 2.32. The van der Waals surface area contributed by atoms with Crippen LogP contribution in [0.5, 0.6) is 0 Å². The molecule has 0 saturated carbocycles. The maximum Gasteiger partial charge on any atom is 0.222 e. The van der Waals surface area contributed by atoms with E-state index in [4.69, 9.17) is 0 Å². The molecule has 1 saturated heterocycles. The Labute approximate surface area is 124 Å². The van der Waals surface area contributed by atoms with Gasteiger partial charge in [0.25, 0.3) is 0 Å². The highest BCUT2D eigenvalue weighted by molar-refractivity contribution is 5.77. The molecule has 1 atom stereocenters. The predicted octanol–water partition coefficient (Wildman–Crippen LogP) is 2.17. The number of rotatable bonds is 3. The van der Waals surface area contributed by atoms with Crippen molar-refractivity contribution in [2.45, 2.75) is 38.2 Å². The average Bonchev–Trinajstić information content (AvgIpc) is 2.92. The molecular formula is C16H21N3O2. The summed E-state index contributed by atoms with van der Waals surface area (Å²) in [6, 6.07) is 5.70. The molecule has 1 aliphatic rings. The van der Waals surface area contributed by atoms with Gasteiger partial charge < -0.3 is 15.0 Å². The second-order valence-corrected chi connectivity index (χ2v) is 5.82. The van der Waals surface area contributed by atoms with Gasteiger partial charge in [-0.1, -0.05) is 6.92 Å². The average molecular weight is 287 g/mol. The van der Waals surface area contributed by atoms with Crippen molar-refractivity contribution >= 4 is 16.9 Å². The smallest absolute Gasteiger partial charge is 0.222 e. The summed E-state index contributed by atoms with van der Waals surface area (Å²) in [6.07, 6.45) is 4.60. The topological polar surface area (TPSA) is 69.2 Å². The number of hydrogen-bond donors (Lipinski definition) is 2. The molecule has 0 aromatic carbocycles. The van der Waals surface area contributed by atoms with Crippen LogP contribution in [-0.2, 0) is 10.4 Å². The molecule has 2 N–H and O–H groups in total. The molecule has 1 unspecified atom stereocenters. The summed E-state index contributed by atoms with van der Waals surface area (Å²) in [5, 5.41) is 11.0. The third-order valence-electron chi connectivity index (χ3n) is 4.18. The van der Waals surface area contributed by atoms with Gasteiger partial charge in [-0.2, -0.15) is 0 Å². The zero-order valence-electron chi connectivity index (χ0n) is 12.3. The maximum atomic E-state index is 12.1. The van der Waals surface area contributed by atoms with E-state index in [0.717, 1.165) is 36.1 Å². The van der Waals surface area contributed by atoms with Crippen LogP contribution in [0, 0.1) is 0 Å². The van der Waals surface area contributed by atoms with Gasteiger partial charge in [-0.3, -0.25) is 9.78 Å². The van der Waals surface area contributed by atoms with Crippen molar-refractivity contribution in [1.82, 2.24) is 14.9 Å². The number of nitrogens with zero attached hydrogens (tertiary/aromatic N) is 2. The number of aliphatic hydroxyl groups is 1. The summed E-state index contributed by atoms with van der Waals surface area (Å²) in [5.74, 6) is 0.130. The lowest BCUT2D eigenvalue weighted by Gasteiger charge is -2.38. The number of nitrogens with one attached hydrogen (secondary N) is 1. The number of amides is 1. The van der Waals surface area contributed by atoms with E-state index in [1.54, 1.807) is 11.1 Å². The van der Waals surface area contributed by atoms with Crippen molar-refractivity contribution in [2.24, 2.45) is 0 Å². The highest BCUT2D eigenvalue weighted by Gasteiger charge is 2.37. The molecule has 0 bridgehead atoms. The van der Waals surface area contributed by atoms with E-state index < -0.39 is 5.60 Å². The van der Waals surface area contributed by atoms with E-state index in [1.165, 1.54) is 0 Å². The molecule has 5 heteroatoms. The van der Waals surface area contributed by atoms with Crippen molar-refractivity contribution < 1.29 is 9.90 Å². The third-order valence-corrected chi connectivity index (χ3v) is 4.18. The van der Waals surface area contributed by atoms with E-state index in [1.807, 2.05) is 25.1 Å². The molecular weight excluding hydrogens is 266 g/mol. The molecule has 2 aromatic rings. The minimum Gasteiger partial charge on any atom is -0.382 e. The first kappa shape index (κ1) is 14.1. The number of fused-ring (bicyclic) bond motifs is 1. The van der Waals surface area contributed by atoms with E-state index in [0.29, 0.717) is 19.4 Å². The lowest BCUT2D eigenvalue weighted by atomic mass is 9.89. The van der Waals surface area contributed by atoms with Gasteiger partial charge in [0.2, 0.25) is 5.91 Å². The molecule has 5 nitrogen and oxygen atoms in total. The first-order chi connectivity index (χ1) is 10.1. The molecule has 21 heavy (non-hydrogen) atoms. The second kappa shape index (κ2) is 5.48. The van der Waals surface area contributed by atoms with E-state index >= 15 is 0 Å². The minimum atomic E-state index is -0.998. The van der Waals surface area contributed by atoms with Gasteiger partial charge >= 0.3 is 0 Å². The van der Waals surface area contributed by atoms with Gasteiger partial charge in [0.1, 0.15) is 5.60 Å². The summed E-state index contributed by atoms with van der Waals surface area (Å²) >= 11 is 0. The van der Waals surface area contributed by atoms with Crippen LogP contribution in [-0.4, -0.2) is 39.0 Å². The monoisotopic (exact) mass is 287 g/mol. The van der Waals surface area contributed by atoms with Crippen molar-refractivity contribution in [2.75, 3.05) is 13.1 Å². The van der Waals surface area contributed by atoms with Crippen LogP contribution >= 0.6 is 0 Å². The standard InChI is InChI=1S/C16H21N3O2/c1-2-5-15(20)19-9-4-7-16(21,11-19)14-10-13-12(18-14)6-3-8-17-13/h3,6,8,10,18,21H,2,4-5,7,9,11H2,1H3. The van der Waals surface area contributed by atoms with Gasteiger partial charge in [-0.25, -0.2) is 0 Å². The van der Waals surface area contributed by atoms with Crippen molar-refractivity contribution in [3.05, 3.63) is 30.1 Å². The summed E-state index contributed by atoms with van der Waals surface area (Å²) < 4.78 is 0. The number of aromatic nitrogens is 2. The lowest BCUT2D eigenvalue weighted by Crippen LogP contribution is -2.48. The fourth-order valence-corrected chi connectivity index (χ4v) is 3.05. The van der Waals surface area contributed by atoms with Gasteiger partial charge in [0.05, 0.1) is 23.3 Å². The Bertz CT molecular complexity index is 619. The van der Waals surface area contributed by atoms with Crippen LogP contribution in [0.3, 0.4) is 0 Å². The van der Waals surface area contributed by atoms with Gasteiger partial charge in [0, 0.05) is 19.2 Å². The number of likely N-dealkylation sites (tertiary alicyclic amines) is 1. The SMILES string of the molecule is CCCC(=O)N1CCCC(O)(c2cc3ncccc3[nH]2)C1. The quantitative estimate of drug-likeness (QED) is 0.909. The van der Waals surface area contributed by atoms with Crippen LogP contribution < -0.4 is 0 Å². The Morgan fingerprint density at radius 1 is 1.57 bits per heavy atom. The number of piperidine rings is 1. The number of carbonyl (C=O) groups excluding carboxylic acids is 1. The number of pyridine rings is 1. The third kappa shape index (κ3) is 2.65. The van der Waals surface area contributed by atoms with Gasteiger partial charge in [-0.15, -0.1) is 0 Å². The summed E-state index contributed by atoms with van der Waals surface area (Å²) in [6.45, 7) is 3.09. The summed E-state index contributed by atoms with van der Waals surface area (Å²) in [4.78, 5) is 21.4. The Hall–Kier alpha value is -1.88. The van der Waals surface area contributed by atoms with Crippen molar-refractivity contribution in [1.29, 1.82) is 0 Å². The van der Waals surface area contributed by atoms with E-state index in [9.17, 15) is 9.90 Å². The fourth-order valence-electron chi connectivity index (χ4n) is 3.05. The lowest BCUT2D eigenvalue weighted by molar-refractivity contribution is -0.139. The van der Waals surface area contributed by atoms with Crippen LogP contribution in [0.4, 0.5) is 0 Å². The fraction of sp³-hybridized carbons (Fsp3) is 0.500. The zero-order valence-corrected chi connectivity index (χ0v) is 12.3. The molecule has 3 heterocycles. The highest BCUT2D eigenvalue weighted by atomic mass is 16.3. The number of hydrogen-bond acceptors (Lipinski definition) is 3. The Kier molecular flexibility index (Phi) is 3.68. The molecule has 1 fully saturated rings. The molecule has 0 spiro atoms. The molecule has 0 radical (unpaired) electrons. The maximum absolute atomic E-state index is 12.1. The number of β-amino-alcohol motifs (C(OH)–C–C–N with tert-alkyl or cyclic N) is 1. The normalized spacial score (nSPS) is 22.7. The van der Waals surface area contributed by atoms with Crippen LogP contribution in [0.1, 0.15) is 38.3 Å². The summed E-state index contributed by atoms with van der Waals surface area (Å²) in [5.41, 5.74) is 1.52. The number of H-pyrrole nitrogens is 1. The Balaban J connectivity index is 1.86. The van der Waals surface area contributed by atoms with Crippen molar-refractivity contribution in [3.63, 3.8) is 0 Å². The minimum absolute atomic E-state index is 0.130. The second-order valence-electron chi connectivity index (χ2n) is 5.82. The van der Waals surface area contributed by atoms with Crippen LogP contribution in [0.2, 0.25) is 0 Å². The number of aromatic amines is 1. The Morgan fingerprint density at radius 2 is 2.43 bits per heavy atom. The zero-order chi connectivity index (χ0) is 14.9. The van der Waals surface area contributed by atoms with Crippen molar-refractivity contribution in [3.8, 4) is 0 Å². The van der Waals surface area contributed by atoms with E-state index in [-0.39, 0.29) is 5.91 Å². The van der Waals surface area contributed by atoms with Crippen LogP contribution in [0.15, 0.2) is 24.4 Å². The summed E-state index contributed by atoms with van der Waals surface area (Å²) in [7, 11) is 0. The molecule has 1 aliphatic heterocycles. The molecule has 3 rings (SSSR count). The molecule has 1 amide bonds. The first-order valence-electron chi connectivity index (χ1n) is 7.57.